The average molecular weight is 205 g/mol. The Morgan fingerprint density at radius 3 is 2.31 bits per heavy atom. The molecular formula is C8H15NO3S. The summed E-state index contributed by atoms with van der Waals surface area (Å²) in [7, 11) is 3.31. The number of carboxylic acid groups (broad SMARTS) is 1. The molecule has 1 unspecified atom stereocenters. The first-order chi connectivity index (χ1) is 5.99. The first-order valence-electron chi connectivity index (χ1n) is 4.03. The van der Waals surface area contributed by atoms with Crippen LogP contribution in [0.1, 0.15) is 13.3 Å². The van der Waals surface area contributed by atoms with Crippen LogP contribution in [0.4, 0.5) is 0 Å². The molecule has 0 saturated carbocycles. The molecule has 0 rings (SSSR count). The molecule has 0 aromatic heterocycles. The van der Waals surface area contributed by atoms with Gasteiger partial charge in [-0.05, 0) is 6.42 Å². The minimum Gasteiger partial charge on any atom is -0.480 e. The van der Waals surface area contributed by atoms with E-state index in [4.69, 9.17) is 5.11 Å². The Kier molecular flexibility index (Phi) is 5.53. The van der Waals surface area contributed by atoms with E-state index in [1.54, 1.807) is 21.0 Å². The minimum atomic E-state index is -0.848. The number of hydrogen-bond acceptors (Lipinski definition) is 3. The lowest BCUT2D eigenvalue weighted by atomic mass is 10.3. The molecule has 0 aliphatic rings. The highest BCUT2D eigenvalue weighted by Gasteiger charge is 2.17. The molecular weight excluding hydrogens is 190 g/mol. The Balaban J connectivity index is 3.85. The summed E-state index contributed by atoms with van der Waals surface area (Å²) in [5.74, 6) is -0.665. The molecule has 13 heavy (non-hydrogen) atoms. The van der Waals surface area contributed by atoms with E-state index >= 15 is 0 Å². The van der Waals surface area contributed by atoms with Gasteiger partial charge < -0.3 is 10.0 Å². The van der Waals surface area contributed by atoms with Gasteiger partial charge in [0.25, 0.3) is 0 Å². The highest BCUT2D eigenvalue weighted by Crippen LogP contribution is 2.14. The van der Waals surface area contributed by atoms with Crippen LogP contribution in [0.5, 0.6) is 0 Å². The summed E-state index contributed by atoms with van der Waals surface area (Å²) in [6.45, 7) is 1.80. The minimum absolute atomic E-state index is 0.0512. The Morgan fingerprint density at radius 2 is 2.00 bits per heavy atom. The molecule has 0 aromatic carbocycles. The number of rotatable bonds is 5. The number of carbonyl (C=O) groups is 2. The Bertz CT molecular complexity index is 194. The molecule has 0 aliphatic carbocycles. The quantitative estimate of drug-likeness (QED) is 0.716. The summed E-state index contributed by atoms with van der Waals surface area (Å²) in [6, 6.07) is 0. The summed E-state index contributed by atoms with van der Waals surface area (Å²) in [5.41, 5.74) is 0. The number of aliphatic carboxylic acids is 1. The second kappa shape index (κ2) is 5.85. The molecule has 0 saturated heterocycles. The third-order valence-corrected chi connectivity index (χ3v) is 2.90. The molecule has 0 aromatic rings. The fourth-order valence-corrected chi connectivity index (χ4v) is 1.64. The van der Waals surface area contributed by atoms with Crippen molar-refractivity contribution < 1.29 is 14.7 Å². The predicted octanol–water partition coefficient (Wildman–Crippen LogP) is 0.671. The second-order valence-electron chi connectivity index (χ2n) is 2.83. The monoisotopic (exact) mass is 205 g/mol. The van der Waals surface area contributed by atoms with Crippen molar-refractivity contribution in [3.05, 3.63) is 0 Å². The second-order valence-corrected chi connectivity index (χ2v) is 4.03. The van der Waals surface area contributed by atoms with Crippen molar-refractivity contribution in [2.24, 2.45) is 0 Å². The molecule has 0 aliphatic heterocycles. The van der Waals surface area contributed by atoms with Crippen LogP contribution in [0.15, 0.2) is 0 Å². The summed E-state index contributed by atoms with van der Waals surface area (Å²) in [5, 5.41) is 8.21. The van der Waals surface area contributed by atoms with Crippen molar-refractivity contribution >= 4 is 23.6 Å². The van der Waals surface area contributed by atoms with Gasteiger partial charge in [-0.3, -0.25) is 9.59 Å². The maximum atomic E-state index is 11.1. The van der Waals surface area contributed by atoms with Crippen LogP contribution in [0.25, 0.3) is 0 Å². The number of amides is 1. The van der Waals surface area contributed by atoms with E-state index in [0.29, 0.717) is 6.42 Å². The molecule has 0 radical (unpaired) electrons. The summed E-state index contributed by atoms with van der Waals surface area (Å²) in [6.07, 6.45) is 0.542. The van der Waals surface area contributed by atoms with Crippen molar-refractivity contribution in [2.75, 3.05) is 19.8 Å². The van der Waals surface area contributed by atoms with E-state index in [1.165, 1.54) is 16.7 Å². The van der Waals surface area contributed by atoms with Crippen LogP contribution in [-0.4, -0.2) is 47.0 Å². The van der Waals surface area contributed by atoms with Crippen molar-refractivity contribution in [1.82, 2.24) is 4.90 Å². The fourth-order valence-electron chi connectivity index (χ4n) is 0.665. The zero-order valence-electron chi connectivity index (χ0n) is 8.11. The van der Waals surface area contributed by atoms with Crippen LogP contribution >= 0.6 is 11.8 Å². The van der Waals surface area contributed by atoms with Crippen LogP contribution in [0, 0.1) is 0 Å². The van der Waals surface area contributed by atoms with Crippen LogP contribution in [0.2, 0.25) is 0 Å². The Hall–Kier alpha value is -0.710. The van der Waals surface area contributed by atoms with Gasteiger partial charge in [-0.2, -0.15) is 0 Å². The predicted molar refractivity (Wildman–Crippen MR) is 52.9 cm³/mol. The van der Waals surface area contributed by atoms with Gasteiger partial charge >= 0.3 is 5.97 Å². The smallest absolute Gasteiger partial charge is 0.316 e. The van der Waals surface area contributed by atoms with Crippen LogP contribution < -0.4 is 0 Å². The highest BCUT2D eigenvalue weighted by atomic mass is 32.2. The number of carbonyl (C=O) groups excluding carboxylic acids is 1. The van der Waals surface area contributed by atoms with E-state index in [9.17, 15) is 9.59 Å². The maximum Gasteiger partial charge on any atom is 0.316 e. The average Bonchev–Trinajstić information content (AvgIpc) is 2.04. The SMILES string of the molecule is CCC(SCC(=O)N(C)C)C(=O)O. The van der Waals surface area contributed by atoms with Crippen molar-refractivity contribution in [1.29, 1.82) is 0 Å². The molecule has 76 valence electrons. The summed E-state index contributed by atoms with van der Waals surface area (Å²) in [4.78, 5) is 23.1. The standard InChI is InChI=1S/C8H15NO3S/c1-4-6(8(11)12)13-5-7(10)9(2)3/h6H,4-5H2,1-3H3,(H,11,12). The topological polar surface area (TPSA) is 57.6 Å². The van der Waals surface area contributed by atoms with Gasteiger partial charge in [0.2, 0.25) is 5.91 Å². The largest absolute Gasteiger partial charge is 0.480 e. The number of thioether (sulfide) groups is 1. The van der Waals surface area contributed by atoms with E-state index in [-0.39, 0.29) is 11.7 Å². The summed E-state index contributed by atoms with van der Waals surface area (Å²) < 4.78 is 0. The van der Waals surface area contributed by atoms with Gasteiger partial charge in [-0.25, -0.2) is 0 Å². The number of carboxylic acids is 1. The first kappa shape index (κ1) is 12.3. The van der Waals surface area contributed by atoms with Crippen molar-refractivity contribution in [3.8, 4) is 0 Å². The van der Waals surface area contributed by atoms with E-state index in [2.05, 4.69) is 0 Å². The zero-order valence-corrected chi connectivity index (χ0v) is 8.93. The number of nitrogens with zero attached hydrogens (tertiary/aromatic N) is 1. The van der Waals surface area contributed by atoms with Gasteiger partial charge in [0.05, 0.1) is 5.75 Å². The first-order valence-corrected chi connectivity index (χ1v) is 5.08. The molecule has 1 N–H and O–H groups in total. The zero-order chi connectivity index (χ0) is 10.4. The highest BCUT2D eigenvalue weighted by molar-refractivity contribution is 8.01. The molecule has 0 bridgehead atoms. The molecule has 4 nitrogen and oxygen atoms in total. The lowest BCUT2D eigenvalue weighted by Crippen LogP contribution is -2.26. The van der Waals surface area contributed by atoms with Gasteiger partial charge in [0.1, 0.15) is 5.25 Å². The van der Waals surface area contributed by atoms with Gasteiger partial charge in [0.15, 0.2) is 0 Å². The van der Waals surface area contributed by atoms with E-state index in [0.717, 1.165) is 0 Å². The molecule has 0 fully saturated rings. The van der Waals surface area contributed by atoms with Crippen LogP contribution in [0.3, 0.4) is 0 Å². The summed E-state index contributed by atoms with van der Waals surface area (Å²) >= 11 is 1.18. The molecule has 5 heteroatoms. The van der Waals surface area contributed by atoms with Gasteiger partial charge in [-0.1, -0.05) is 6.92 Å². The number of hydrogen-bond donors (Lipinski definition) is 1. The lowest BCUT2D eigenvalue weighted by molar-refractivity contribution is -0.136. The molecule has 0 heterocycles. The molecule has 1 atom stereocenters. The lowest BCUT2D eigenvalue weighted by Gasteiger charge is -2.12. The third kappa shape index (κ3) is 4.77. The normalized spacial score (nSPS) is 12.2. The Labute approximate surface area is 82.3 Å². The maximum absolute atomic E-state index is 11.1. The molecule has 1 amide bonds. The fraction of sp³-hybridized carbons (Fsp3) is 0.750. The van der Waals surface area contributed by atoms with E-state index < -0.39 is 11.2 Å². The van der Waals surface area contributed by atoms with Crippen molar-refractivity contribution in [2.45, 2.75) is 18.6 Å². The third-order valence-electron chi connectivity index (χ3n) is 1.55. The van der Waals surface area contributed by atoms with Gasteiger partial charge in [0, 0.05) is 14.1 Å². The Morgan fingerprint density at radius 1 is 1.46 bits per heavy atom. The van der Waals surface area contributed by atoms with Crippen molar-refractivity contribution in [3.63, 3.8) is 0 Å². The van der Waals surface area contributed by atoms with E-state index in [1.807, 2.05) is 0 Å². The van der Waals surface area contributed by atoms with Crippen LogP contribution in [-0.2, 0) is 9.59 Å². The van der Waals surface area contributed by atoms with Gasteiger partial charge in [-0.15, -0.1) is 11.8 Å². The molecule has 0 spiro atoms.